The summed E-state index contributed by atoms with van der Waals surface area (Å²) in [6.45, 7) is 0.583. The molecule has 0 radical (unpaired) electrons. The predicted molar refractivity (Wildman–Crippen MR) is 150 cm³/mol. The quantitative estimate of drug-likeness (QED) is 0.321. The number of fused-ring (bicyclic) bond motifs is 1. The van der Waals surface area contributed by atoms with Gasteiger partial charge in [0, 0.05) is 5.69 Å². The van der Waals surface area contributed by atoms with E-state index in [2.05, 4.69) is 64.5 Å². The van der Waals surface area contributed by atoms with Gasteiger partial charge in [-0.1, -0.05) is 60.7 Å². The first-order valence-electron chi connectivity index (χ1n) is 13.4. The number of nitrogens with one attached hydrogen (secondary N) is 3. The van der Waals surface area contributed by atoms with Gasteiger partial charge >= 0.3 is 12.0 Å². The standard InChI is InChI=1S/C31H32N4O5/c36-28(20-33-31(39)34-25-11-6-10-24(18-25)30(37)38)32-19-26-15-16-35(40-26)29-23(17-21-7-2-1-3-8-21)14-13-22-9-4-5-12-27(22)29/h1-12,15,18,23,29H,13-14,16-17,19-20H2,(H,32,36)(H,37,38)(H2,33,34,39). The lowest BCUT2D eigenvalue weighted by molar-refractivity contribution is -0.146. The van der Waals surface area contributed by atoms with Gasteiger partial charge in [0.25, 0.3) is 0 Å². The number of urea groups is 1. The molecule has 0 fully saturated rings. The summed E-state index contributed by atoms with van der Waals surface area (Å²) in [5.41, 5.74) is 4.32. The van der Waals surface area contributed by atoms with Crippen LogP contribution >= 0.6 is 0 Å². The van der Waals surface area contributed by atoms with Crippen molar-refractivity contribution in [1.82, 2.24) is 15.7 Å². The number of benzene rings is 3. The fourth-order valence-electron chi connectivity index (χ4n) is 5.33. The molecule has 4 N–H and O–H groups in total. The van der Waals surface area contributed by atoms with Crippen LogP contribution in [0.5, 0.6) is 0 Å². The molecule has 9 heteroatoms. The minimum absolute atomic E-state index is 0.0533. The number of hydrogen-bond acceptors (Lipinski definition) is 5. The summed E-state index contributed by atoms with van der Waals surface area (Å²) in [6.07, 6.45) is 5.05. The summed E-state index contributed by atoms with van der Waals surface area (Å²) in [6, 6.07) is 24.4. The summed E-state index contributed by atoms with van der Waals surface area (Å²) in [5, 5.41) is 18.9. The van der Waals surface area contributed by atoms with Gasteiger partial charge in [-0.25, -0.2) is 9.59 Å². The van der Waals surface area contributed by atoms with E-state index in [0.29, 0.717) is 23.9 Å². The van der Waals surface area contributed by atoms with Crippen molar-refractivity contribution in [2.24, 2.45) is 5.92 Å². The summed E-state index contributed by atoms with van der Waals surface area (Å²) in [4.78, 5) is 41.9. The molecule has 0 spiro atoms. The van der Waals surface area contributed by atoms with E-state index >= 15 is 0 Å². The molecule has 2 aliphatic rings. The van der Waals surface area contributed by atoms with Crippen molar-refractivity contribution < 1.29 is 24.3 Å². The van der Waals surface area contributed by atoms with Crippen LogP contribution in [0.15, 0.2) is 90.7 Å². The Morgan fingerprint density at radius 3 is 2.58 bits per heavy atom. The van der Waals surface area contributed by atoms with Crippen LogP contribution in [0, 0.1) is 5.92 Å². The molecule has 1 heterocycles. The predicted octanol–water partition coefficient (Wildman–Crippen LogP) is 4.30. The number of carboxylic acid groups (broad SMARTS) is 1. The van der Waals surface area contributed by atoms with E-state index in [9.17, 15) is 14.4 Å². The van der Waals surface area contributed by atoms with Gasteiger partial charge in [0.15, 0.2) is 0 Å². The molecule has 206 valence electrons. The SMILES string of the molecule is O=C(CNC(=O)Nc1cccc(C(=O)O)c1)NCC1=CCN(C2c3ccccc3CCC2Cc2ccccc2)O1. The Morgan fingerprint density at radius 1 is 0.950 bits per heavy atom. The molecule has 0 bridgehead atoms. The Labute approximate surface area is 232 Å². The molecule has 0 saturated carbocycles. The maximum Gasteiger partial charge on any atom is 0.335 e. The van der Waals surface area contributed by atoms with Crippen LogP contribution < -0.4 is 16.0 Å². The Kier molecular flexibility index (Phi) is 8.41. The summed E-state index contributed by atoms with van der Waals surface area (Å²) < 4.78 is 0. The average molecular weight is 541 g/mol. The second-order valence-corrected chi connectivity index (χ2v) is 9.96. The van der Waals surface area contributed by atoms with E-state index < -0.39 is 12.0 Å². The van der Waals surface area contributed by atoms with E-state index in [4.69, 9.17) is 9.94 Å². The van der Waals surface area contributed by atoms with Crippen LogP contribution in [0.2, 0.25) is 0 Å². The van der Waals surface area contributed by atoms with Gasteiger partial charge in [0.2, 0.25) is 5.91 Å². The van der Waals surface area contributed by atoms with Gasteiger partial charge in [-0.05, 0) is 66.1 Å². The highest BCUT2D eigenvalue weighted by atomic mass is 16.7. The van der Waals surface area contributed by atoms with Crippen LogP contribution in [-0.2, 0) is 22.5 Å². The van der Waals surface area contributed by atoms with Gasteiger partial charge in [-0.3, -0.25) is 4.79 Å². The Bertz CT molecular complexity index is 1410. The van der Waals surface area contributed by atoms with Crippen LogP contribution in [0.25, 0.3) is 0 Å². The van der Waals surface area contributed by atoms with E-state index in [1.165, 1.54) is 34.9 Å². The van der Waals surface area contributed by atoms with Crippen LogP contribution in [-0.4, -0.2) is 47.7 Å². The third kappa shape index (κ3) is 6.68. The maximum atomic E-state index is 12.4. The van der Waals surface area contributed by atoms with Crippen molar-refractivity contribution in [2.75, 3.05) is 25.0 Å². The molecule has 2 unspecified atom stereocenters. The van der Waals surface area contributed by atoms with E-state index in [1.807, 2.05) is 17.2 Å². The van der Waals surface area contributed by atoms with Gasteiger partial charge in [-0.2, -0.15) is 0 Å². The molecular weight excluding hydrogens is 508 g/mol. The summed E-state index contributed by atoms with van der Waals surface area (Å²) >= 11 is 0. The van der Waals surface area contributed by atoms with E-state index in [1.54, 1.807) is 6.07 Å². The molecule has 0 saturated heterocycles. The first-order valence-corrected chi connectivity index (χ1v) is 13.4. The highest BCUT2D eigenvalue weighted by molar-refractivity contribution is 5.94. The number of nitrogens with zero attached hydrogens (tertiary/aromatic N) is 1. The molecule has 3 aromatic carbocycles. The number of anilines is 1. The molecule has 3 amide bonds. The zero-order valence-electron chi connectivity index (χ0n) is 22.0. The molecule has 1 aliphatic heterocycles. The average Bonchev–Trinajstić information content (AvgIpc) is 3.44. The largest absolute Gasteiger partial charge is 0.478 e. The fourth-order valence-corrected chi connectivity index (χ4v) is 5.33. The molecule has 3 aromatic rings. The molecule has 40 heavy (non-hydrogen) atoms. The topological polar surface area (TPSA) is 120 Å². The lowest BCUT2D eigenvalue weighted by Crippen LogP contribution is -2.40. The second-order valence-electron chi connectivity index (χ2n) is 9.96. The first kappa shape index (κ1) is 27.0. The van der Waals surface area contributed by atoms with Crippen molar-refractivity contribution in [3.05, 3.63) is 113 Å². The Morgan fingerprint density at radius 2 is 1.75 bits per heavy atom. The third-order valence-electron chi connectivity index (χ3n) is 7.23. The minimum atomic E-state index is -1.09. The van der Waals surface area contributed by atoms with E-state index in [-0.39, 0.29) is 30.6 Å². The number of carboxylic acids is 1. The molecule has 5 rings (SSSR count). The van der Waals surface area contributed by atoms with E-state index in [0.717, 1.165) is 19.3 Å². The number of rotatable bonds is 9. The molecule has 2 atom stereocenters. The zero-order chi connectivity index (χ0) is 27.9. The van der Waals surface area contributed by atoms with Crippen molar-refractivity contribution in [3.63, 3.8) is 0 Å². The lowest BCUT2D eigenvalue weighted by atomic mass is 9.76. The molecule has 9 nitrogen and oxygen atoms in total. The molecule has 1 aliphatic carbocycles. The van der Waals surface area contributed by atoms with Crippen LogP contribution in [0.4, 0.5) is 10.5 Å². The number of hydrogen-bond donors (Lipinski definition) is 4. The van der Waals surface area contributed by atoms with Crippen molar-refractivity contribution >= 4 is 23.6 Å². The number of hydroxylamine groups is 2. The number of carbonyl (C=O) groups excluding carboxylic acids is 2. The fraction of sp³-hybridized carbons (Fsp3) is 0.258. The van der Waals surface area contributed by atoms with Gasteiger partial charge in [-0.15, -0.1) is 5.06 Å². The van der Waals surface area contributed by atoms with Crippen molar-refractivity contribution in [1.29, 1.82) is 0 Å². The monoisotopic (exact) mass is 540 g/mol. The Balaban J connectivity index is 1.12. The molecule has 0 aromatic heterocycles. The van der Waals surface area contributed by atoms with Crippen molar-refractivity contribution in [2.45, 2.75) is 25.3 Å². The number of aromatic carboxylic acids is 1. The molecular formula is C31H32N4O5. The number of carbonyl (C=O) groups is 3. The number of aryl methyl sites for hydroxylation is 1. The van der Waals surface area contributed by atoms with Crippen LogP contribution in [0.1, 0.15) is 39.5 Å². The third-order valence-corrected chi connectivity index (χ3v) is 7.23. The zero-order valence-corrected chi connectivity index (χ0v) is 22.0. The van der Waals surface area contributed by atoms with Gasteiger partial charge in [0.1, 0.15) is 5.76 Å². The van der Waals surface area contributed by atoms with Crippen LogP contribution in [0.3, 0.4) is 0 Å². The van der Waals surface area contributed by atoms with Gasteiger partial charge < -0.3 is 25.9 Å². The highest BCUT2D eigenvalue weighted by Crippen LogP contribution is 2.42. The lowest BCUT2D eigenvalue weighted by Gasteiger charge is -2.38. The second kappa shape index (κ2) is 12.5. The normalized spacial score (nSPS) is 18.1. The highest BCUT2D eigenvalue weighted by Gasteiger charge is 2.37. The summed E-state index contributed by atoms with van der Waals surface area (Å²) in [7, 11) is 0. The minimum Gasteiger partial charge on any atom is -0.478 e. The van der Waals surface area contributed by atoms with Crippen molar-refractivity contribution in [3.8, 4) is 0 Å². The smallest absolute Gasteiger partial charge is 0.335 e. The first-order chi connectivity index (χ1) is 19.5. The van der Waals surface area contributed by atoms with Gasteiger partial charge in [0.05, 0.1) is 31.2 Å². The number of amides is 3. The Hall–Kier alpha value is -4.63. The maximum absolute atomic E-state index is 12.4. The summed E-state index contributed by atoms with van der Waals surface area (Å²) in [5.74, 6) is -0.421.